The summed E-state index contributed by atoms with van der Waals surface area (Å²) in [5.41, 5.74) is 0. The maximum absolute atomic E-state index is 10.1. The van der Waals surface area contributed by atoms with E-state index in [4.69, 9.17) is 33.5 Å². The van der Waals surface area contributed by atoms with Crippen LogP contribution in [0.2, 0.25) is 0 Å². The summed E-state index contributed by atoms with van der Waals surface area (Å²) < 4.78 is 31.4. The molecule has 0 unspecified atom stereocenters. The van der Waals surface area contributed by atoms with Crippen LogP contribution in [-0.2, 0) is 28.4 Å². The van der Waals surface area contributed by atoms with Gasteiger partial charge in [0.15, 0.2) is 18.9 Å². The molecule has 12 atom stereocenters. The number of aliphatic hydroxyl groups excluding tert-OH is 7. The molecule has 29 heavy (non-hydrogen) atoms. The molecule has 3 aliphatic rings. The average molecular weight is 428 g/mol. The Hall–Kier alpha value is -0.520. The third kappa shape index (κ3) is 4.72. The Kier molecular flexibility index (Phi) is 7.77. The zero-order chi connectivity index (χ0) is 21.3. The largest absolute Gasteiger partial charge is 0.394 e. The lowest BCUT2D eigenvalue weighted by Gasteiger charge is -2.20. The van der Waals surface area contributed by atoms with Crippen LogP contribution in [-0.4, -0.2) is 136 Å². The predicted molar refractivity (Wildman–Crippen MR) is 88.0 cm³/mol. The standard InChI is InChI=1S/C16H28O13/c1-24-14-11(21)9(19)6(28-14)3-26-16-13(23)10(20)7(29-16)4-25-15-12(22)8(18)5(2-17)27-15/h5-23H,2-4H2,1H3/t5-,6-,7-,8-,9-,10-,11+,12+,13+,14+,15+,16+/m1/s1. The van der Waals surface area contributed by atoms with E-state index in [1.54, 1.807) is 0 Å². The van der Waals surface area contributed by atoms with Crippen molar-refractivity contribution in [3.8, 4) is 0 Å². The molecule has 170 valence electrons. The molecule has 13 nitrogen and oxygen atoms in total. The second-order valence-electron chi connectivity index (χ2n) is 7.16. The van der Waals surface area contributed by atoms with Gasteiger partial charge in [0.05, 0.1) is 19.8 Å². The molecule has 0 aliphatic carbocycles. The van der Waals surface area contributed by atoms with Gasteiger partial charge in [0.1, 0.15) is 54.9 Å². The van der Waals surface area contributed by atoms with E-state index in [1.165, 1.54) is 7.11 Å². The highest BCUT2D eigenvalue weighted by Crippen LogP contribution is 2.28. The molecule has 3 saturated heterocycles. The molecule has 3 heterocycles. The molecule has 0 bridgehead atoms. The lowest BCUT2D eigenvalue weighted by atomic mass is 10.1. The Labute approximate surface area is 165 Å². The van der Waals surface area contributed by atoms with Crippen LogP contribution in [0.25, 0.3) is 0 Å². The van der Waals surface area contributed by atoms with Crippen LogP contribution in [0.1, 0.15) is 0 Å². The van der Waals surface area contributed by atoms with Crippen molar-refractivity contribution in [3.05, 3.63) is 0 Å². The van der Waals surface area contributed by atoms with E-state index in [0.29, 0.717) is 0 Å². The van der Waals surface area contributed by atoms with Gasteiger partial charge in [0.2, 0.25) is 0 Å². The van der Waals surface area contributed by atoms with E-state index in [-0.39, 0.29) is 13.2 Å². The summed E-state index contributed by atoms with van der Waals surface area (Å²) in [5, 5.41) is 68.5. The van der Waals surface area contributed by atoms with Crippen LogP contribution in [0, 0.1) is 0 Å². The summed E-state index contributed by atoms with van der Waals surface area (Å²) in [6, 6.07) is 0. The predicted octanol–water partition coefficient (Wildman–Crippen LogP) is -5.00. The molecule has 3 aliphatic heterocycles. The highest BCUT2D eigenvalue weighted by Gasteiger charge is 2.48. The number of hydrogen-bond acceptors (Lipinski definition) is 13. The lowest BCUT2D eigenvalue weighted by Crippen LogP contribution is -2.39. The van der Waals surface area contributed by atoms with Gasteiger partial charge < -0.3 is 64.2 Å². The SMILES string of the molecule is CO[C@H]1O[C@H](CO[C@H]2O[C@H](CO[C@H]3O[C@H](CO)[C@@H](O)[C@@H]3O)[C@@H](O)[C@@H]2O)[C@@H](O)[C@@H]1O. The molecule has 3 fully saturated rings. The van der Waals surface area contributed by atoms with E-state index in [0.717, 1.165) is 0 Å². The monoisotopic (exact) mass is 428 g/mol. The van der Waals surface area contributed by atoms with Gasteiger partial charge in [-0.25, -0.2) is 0 Å². The second-order valence-corrected chi connectivity index (χ2v) is 7.16. The number of methoxy groups -OCH3 is 1. The average Bonchev–Trinajstić information content (AvgIpc) is 3.26. The van der Waals surface area contributed by atoms with Crippen molar-refractivity contribution >= 4 is 0 Å². The van der Waals surface area contributed by atoms with Gasteiger partial charge in [0, 0.05) is 7.11 Å². The van der Waals surface area contributed by atoms with Crippen molar-refractivity contribution in [1.82, 2.24) is 0 Å². The van der Waals surface area contributed by atoms with E-state index in [1.807, 2.05) is 0 Å². The summed E-state index contributed by atoms with van der Waals surface area (Å²) in [6.07, 6.45) is -14.6. The topological polar surface area (TPSA) is 197 Å². The van der Waals surface area contributed by atoms with Crippen LogP contribution in [0.15, 0.2) is 0 Å². The first-order chi connectivity index (χ1) is 13.8. The summed E-state index contributed by atoms with van der Waals surface area (Å²) in [4.78, 5) is 0. The fourth-order valence-electron chi connectivity index (χ4n) is 3.42. The highest BCUT2D eigenvalue weighted by molar-refractivity contribution is 4.90. The Morgan fingerprint density at radius 2 is 0.966 bits per heavy atom. The van der Waals surface area contributed by atoms with Gasteiger partial charge in [-0.1, -0.05) is 0 Å². The minimum Gasteiger partial charge on any atom is -0.394 e. The van der Waals surface area contributed by atoms with Crippen molar-refractivity contribution in [2.45, 2.75) is 73.8 Å². The Balaban J connectivity index is 1.46. The van der Waals surface area contributed by atoms with Crippen LogP contribution >= 0.6 is 0 Å². The molecule has 0 saturated carbocycles. The van der Waals surface area contributed by atoms with Gasteiger partial charge in [-0.3, -0.25) is 0 Å². The molecule has 0 aromatic carbocycles. The summed E-state index contributed by atoms with van der Waals surface area (Å²) in [6.45, 7) is -1.07. The van der Waals surface area contributed by atoms with E-state index in [2.05, 4.69) is 0 Å². The summed E-state index contributed by atoms with van der Waals surface area (Å²) in [5.74, 6) is 0. The van der Waals surface area contributed by atoms with E-state index in [9.17, 15) is 30.6 Å². The zero-order valence-corrected chi connectivity index (χ0v) is 15.6. The molecule has 3 rings (SSSR count). The van der Waals surface area contributed by atoms with Gasteiger partial charge in [0.25, 0.3) is 0 Å². The third-order valence-corrected chi connectivity index (χ3v) is 5.22. The number of rotatable bonds is 8. The molecule has 0 spiro atoms. The Morgan fingerprint density at radius 3 is 1.34 bits per heavy atom. The summed E-state index contributed by atoms with van der Waals surface area (Å²) >= 11 is 0. The van der Waals surface area contributed by atoms with Gasteiger partial charge in [-0.05, 0) is 0 Å². The Morgan fingerprint density at radius 1 is 0.586 bits per heavy atom. The molecule has 0 amide bonds. The molecule has 0 aromatic heterocycles. The molecule has 0 aromatic rings. The van der Waals surface area contributed by atoms with E-state index < -0.39 is 80.4 Å². The van der Waals surface area contributed by atoms with Crippen LogP contribution in [0.4, 0.5) is 0 Å². The number of hydrogen-bond donors (Lipinski definition) is 7. The Bertz CT molecular complexity index is 479. The number of aliphatic hydroxyl groups is 7. The quantitative estimate of drug-likeness (QED) is 0.194. The lowest BCUT2D eigenvalue weighted by molar-refractivity contribution is -0.217. The molecule has 13 heteroatoms. The fourth-order valence-corrected chi connectivity index (χ4v) is 3.42. The first-order valence-electron chi connectivity index (χ1n) is 9.20. The second kappa shape index (κ2) is 9.74. The first kappa shape index (κ1) is 23.1. The van der Waals surface area contributed by atoms with E-state index >= 15 is 0 Å². The maximum Gasteiger partial charge on any atom is 0.186 e. The van der Waals surface area contributed by atoms with Gasteiger partial charge >= 0.3 is 0 Å². The summed E-state index contributed by atoms with van der Waals surface area (Å²) in [7, 11) is 1.31. The third-order valence-electron chi connectivity index (χ3n) is 5.22. The van der Waals surface area contributed by atoms with Gasteiger partial charge in [-0.15, -0.1) is 0 Å². The zero-order valence-electron chi connectivity index (χ0n) is 15.6. The minimum atomic E-state index is -1.43. The highest BCUT2D eigenvalue weighted by atomic mass is 16.7. The molecule has 7 N–H and O–H groups in total. The van der Waals surface area contributed by atoms with Crippen LogP contribution in [0.3, 0.4) is 0 Å². The minimum absolute atomic E-state index is 0.255. The maximum atomic E-state index is 10.1. The van der Waals surface area contributed by atoms with Crippen molar-refractivity contribution in [3.63, 3.8) is 0 Å². The van der Waals surface area contributed by atoms with Crippen molar-refractivity contribution < 1.29 is 64.2 Å². The molecular formula is C16H28O13. The van der Waals surface area contributed by atoms with Crippen molar-refractivity contribution in [2.24, 2.45) is 0 Å². The van der Waals surface area contributed by atoms with Crippen molar-refractivity contribution in [2.75, 3.05) is 26.9 Å². The number of ether oxygens (including phenoxy) is 6. The van der Waals surface area contributed by atoms with Crippen LogP contribution < -0.4 is 0 Å². The smallest absolute Gasteiger partial charge is 0.186 e. The molecule has 0 radical (unpaired) electrons. The first-order valence-corrected chi connectivity index (χ1v) is 9.20. The molecular weight excluding hydrogens is 400 g/mol. The van der Waals surface area contributed by atoms with Gasteiger partial charge in [-0.2, -0.15) is 0 Å². The van der Waals surface area contributed by atoms with Crippen LogP contribution in [0.5, 0.6) is 0 Å². The van der Waals surface area contributed by atoms with Crippen molar-refractivity contribution in [1.29, 1.82) is 0 Å². The fraction of sp³-hybridized carbons (Fsp3) is 1.00. The normalized spacial score (nSPS) is 50.5.